The van der Waals surface area contributed by atoms with Crippen LogP contribution in [-0.2, 0) is 11.3 Å². The van der Waals surface area contributed by atoms with Gasteiger partial charge in [-0.1, -0.05) is 27.2 Å². The lowest BCUT2D eigenvalue weighted by molar-refractivity contribution is 0.0423. The lowest BCUT2D eigenvalue weighted by Gasteiger charge is -1.99. The van der Waals surface area contributed by atoms with Crippen LogP contribution in [0.4, 0.5) is 0 Å². The fourth-order valence-corrected chi connectivity index (χ4v) is 1.98. The predicted molar refractivity (Wildman–Crippen MR) is 80.8 cm³/mol. The Morgan fingerprint density at radius 1 is 1.18 bits per heavy atom. The molecule has 7 heteroatoms. The predicted octanol–water partition coefficient (Wildman–Crippen LogP) is 3.25. The van der Waals surface area contributed by atoms with E-state index in [0.717, 1.165) is 10.0 Å². The van der Waals surface area contributed by atoms with Crippen LogP contribution < -0.4 is 0 Å². The molecule has 2 aromatic heterocycles. The van der Waals surface area contributed by atoms with E-state index in [-0.39, 0.29) is 18.2 Å². The molecule has 0 aliphatic carbocycles. The molecule has 0 aliphatic rings. The largest absolute Gasteiger partial charge is 0.451 e. The Labute approximate surface area is 134 Å². The lowest BCUT2D eigenvalue weighted by atomic mass is 10.2. The number of aromatic nitrogens is 3. The highest BCUT2D eigenvalue weighted by Crippen LogP contribution is 2.19. The molecule has 0 N–H and O–H groups in total. The fourth-order valence-electron chi connectivity index (χ4n) is 1.71. The van der Waals surface area contributed by atoms with Crippen molar-refractivity contribution in [1.82, 2.24) is 15.1 Å². The molecule has 0 saturated carbocycles. The minimum atomic E-state index is -0.538. The van der Waals surface area contributed by atoms with E-state index in [0.29, 0.717) is 5.82 Å². The van der Waals surface area contributed by atoms with Gasteiger partial charge in [0.2, 0.25) is 5.82 Å². The van der Waals surface area contributed by atoms with Gasteiger partial charge in [0.25, 0.3) is 5.89 Å². The van der Waals surface area contributed by atoms with E-state index in [9.17, 15) is 4.79 Å². The van der Waals surface area contributed by atoms with Crippen molar-refractivity contribution in [1.29, 1.82) is 0 Å². The molecular formula is C15H10BrN3O3. The van der Waals surface area contributed by atoms with Gasteiger partial charge in [0.1, 0.15) is 5.69 Å². The second kappa shape index (κ2) is 6.48. The van der Waals surface area contributed by atoms with Crippen LogP contribution in [0.2, 0.25) is 0 Å². The SMILES string of the molecule is O=C(OCc1nc(-c2ccc(Br)cc2)no1)c1ccccn1. The van der Waals surface area contributed by atoms with E-state index < -0.39 is 5.97 Å². The molecule has 0 saturated heterocycles. The molecule has 0 radical (unpaired) electrons. The van der Waals surface area contributed by atoms with E-state index in [1.54, 1.807) is 18.2 Å². The Bertz CT molecular complexity index is 772. The summed E-state index contributed by atoms with van der Waals surface area (Å²) in [5.74, 6) is 0.127. The summed E-state index contributed by atoms with van der Waals surface area (Å²) in [7, 11) is 0. The van der Waals surface area contributed by atoms with Crippen LogP contribution in [0.15, 0.2) is 57.7 Å². The molecule has 22 heavy (non-hydrogen) atoms. The number of carbonyl (C=O) groups is 1. The first-order chi connectivity index (χ1) is 10.7. The Kier molecular flexibility index (Phi) is 4.24. The molecule has 0 fully saturated rings. The summed E-state index contributed by atoms with van der Waals surface area (Å²) in [6, 6.07) is 12.5. The van der Waals surface area contributed by atoms with Gasteiger partial charge in [-0.2, -0.15) is 4.98 Å². The van der Waals surface area contributed by atoms with Gasteiger partial charge in [-0.15, -0.1) is 0 Å². The van der Waals surface area contributed by atoms with Crippen molar-refractivity contribution in [2.45, 2.75) is 6.61 Å². The zero-order valence-electron chi connectivity index (χ0n) is 11.3. The molecule has 3 rings (SSSR count). The number of hydrogen-bond acceptors (Lipinski definition) is 6. The highest BCUT2D eigenvalue weighted by Gasteiger charge is 2.13. The first-order valence-corrected chi connectivity index (χ1v) is 7.18. The number of nitrogens with zero attached hydrogens (tertiary/aromatic N) is 3. The maximum atomic E-state index is 11.8. The number of ether oxygens (including phenoxy) is 1. The summed E-state index contributed by atoms with van der Waals surface area (Å²) in [6.07, 6.45) is 1.52. The number of esters is 1. The van der Waals surface area contributed by atoms with Crippen molar-refractivity contribution < 1.29 is 14.1 Å². The van der Waals surface area contributed by atoms with Crippen LogP contribution in [-0.4, -0.2) is 21.1 Å². The number of halogens is 1. The summed E-state index contributed by atoms with van der Waals surface area (Å²) < 4.78 is 11.1. The second-order valence-corrected chi connectivity index (χ2v) is 5.23. The van der Waals surface area contributed by atoms with E-state index in [1.165, 1.54) is 6.20 Å². The van der Waals surface area contributed by atoms with Crippen molar-refractivity contribution in [2.24, 2.45) is 0 Å². The van der Waals surface area contributed by atoms with Crippen LogP contribution in [0.5, 0.6) is 0 Å². The average Bonchev–Trinajstić information content (AvgIpc) is 3.03. The Hall–Kier alpha value is -2.54. The summed E-state index contributed by atoms with van der Waals surface area (Å²) in [5, 5.41) is 3.86. The average molecular weight is 360 g/mol. The summed E-state index contributed by atoms with van der Waals surface area (Å²) >= 11 is 3.36. The van der Waals surface area contributed by atoms with Crippen molar-refractivity contribution in [3.8, 4) is 11.4 Å². The summed E-state index contributed by atoms with van der Waals surface area (Å²) in [6.45, 7) is -0.0983. The Balaban J connectivity index is 1.65. The minimum absolute atomic E-state index is 0.0983. The molecule has 110 valence electrons. The van der Waals surface area contributed by atoms with Gasteiger partial charge in [0, 0.05) is 16.2 Å². The molecular weight excluding hydrogens is 350 g/mol. The molecule has 0 amide bonds. The summed E-state index contributed by atoms with van der Waals surface area (Å²) in [4.78, 5) is 19.8. The third-order valence-electron chi connectivity index (χ3n) is 2.77. The highest BCUT2D eigenvalue weighted by atomic mass is 79.9. The molecule has 3 aromatic rings. The smallest absolute Gasteiger partial charge is 0.357 e. The van der Waals surface area contributed by atoms with Crippen molar-refractivity contribution >= 4 is 21.9 Å². The van der Waals surface area contributed by atoms with Crippen molar-refractivity contribution in [2.75, 3.05) is 0 Å². The number of hydrogen-bond donors (Lipinski definition) is 0. The van der Waals surface area contributed by atoms with Crippen LogP contribution >= 0.6 is 15.9 Å². The monoisotopic (exact) mass is 359 g/mol. The number of benzene rings is 1. The third-order valence-corrected chi connectivity index (χ3v) is 3.30. The van der Waals surface area contributed by atoms with Gasteiger partial charge < -0.3 is 9.26 Å². The van der Waals surface area contributed by atoms with Crippen molar-refractivity contribution in [3.05, 3.63) is 64.7 Å². The third kappa shape index (κ3) is 3.37. The van der Waals surface area contributed by atoms with Gasteiger partial charge in [0.15, 0.2) is 6.61 Å². The van der Waals surface area contributed by atoms with Gasteiger partial charge in [0.05, 0.1) is 0 Å². The molecule has 0 aliphatic heterocycles. The summed E-state index contributed by atoms with van der Waals surface area (Å²) in [5.41, 5.74) is 1.05. The number of carbonyl (C=O) groups excluding carboxylic acids is 1. The lowest BCUT2D eigenvalue weighted by Crippen LogP contribution is -2.07. The van der Waals surface area contributed by atoms with Gasteiger partial charge in [-0.25, -0.2) is 9.78 Å². The van der Waals surface area contributed by atoms with Gasteiger partial charge >= 0.3 is 5.97 Å². The normalized spacial score (nSPS) is 10.4. The standard InChI is InChI=1S/C15H10BrN3O3/c16-11-6-4-10(5-7-11)14-18-13(22-19-14)9-21-15(20)12-3-1-2-8-17-12/h1-8H,9H2. The first kappa shape index (κ1) is 14.4. The van der Waals surface area contributed by atoms with Crippen LogP contribution in [0, 0.1) is 0 Å². The number of rotatable bonds is 4. The maximum absolute atomic E-state index is 11.8. The van der Waals surface area contributed by atoms with Gasteiger partial charge in [-0.05, 0) is 36.4 Å². The van der Waals surface area contributed by atoms with Crippen LogP contribution in [0.3, 0.4) is 0 Å². The molecule has 0 spiro atoms. The molecule has 0 bridgehead atoms. The maximum Gasteiger partial charge on any atom is 0.357 e. The molecule has 6 nitrogen and oxygen atoms in total. The Morgan fingerprint density at radius 3 is 2.73 bits per heavy atom. The minimum Gasteiger partial charge on any atom is -0.451 e. The second-order valence-electron chi connectivity index (χ2n) is 4.31. The van der Waals surface area contributed by atoms with Crippen LogP contribution in [0.1, 0.15) is 16.4 Å². The zero-order chi connectivity index (χ0) is 15.4. The van der Waals surface area contributed by atoms with Gasteiger partial charge in [-0.3, -0.25) is 0 Å². The molecule has 1 aromatic carbocycles. The fraction of sp³-hybridized carbons (Fsp3) is 0.0667. The first-order valence-electron chi connectivity index (χ1n) is 6.39. The Morgan fingerprint density at radius 2 is 2.00 bits per heavy atom. The van der Waals surface area contributed by atoms with E-state index in [2.05, 4.69) is 31.1 Å². The van der Waals surface area contributed by atoms with Crippen LogP contribution in [0.25, 0.3) is 11.4 Å². The van der Waals surface area contributed by atoms with E-state index in [4.69, 9.17) is 9.26 Å². The van der Waals surface area contributed by atoms with Crippen molar-refractivity contribution in [3.63, 3.8) is 0 Å². The zero-order valence-corrected chi connectivity index (χ0v) is 12.9. The van der Waals surface area contributed by atoms with E-state index >= 15 is 0 Å². The quantitative estimate of drug-likeness (QED) is 0.665. The topological polar surface area (TPSA) is 78.1 Å². The highest BCUT2D eigenvalue weighted by molar-refractivity contribution is 9.10. The number of pyridine rings is 1. The van der Waals surface area contributed by atoms with E-state index in [1.807, 2.05) is 24.3 Å². The molecule has 0 unspecified atom stereocenters. The molecule has 2 heterocycles. The molecule has 0 atom stereocenters.